The van der Waals surface area contributed by atoms with E-state index in [-0.39, 0.29) is 28.8 Å². The predicted molar refractivity (Wildman–Crippen MR) is 111 cm³/mol. The van der Waals surface area contributed by atoms with Crippen LogP contribution < -0.4 is 10.6 Å². The molecule has 0 spiro atoms. The number of nitrogens with zero attached hydrogens (tertiary/aromatic N) is 4. The lowest BCUT2D eigenvalue weighted by Gasteiger charge is -2.08. The highest BCUT2D eigenvalue weighted by Gasteiger charge is 2.17. The lowest BCUT2D eigenvalue weighted by Crippen LogP contribution is -2.18. The summed E-state index contributed by atoms with van der Waals surface area (Å²) in [6, 6.07) is 4.01. The van der Waals surface area contributed by atoms with E-state index in [9.17, 15) is 14.0 Å². The summed E-state index contributed by atoms with van der Waals surface area (Å²) in [5, 5.41) is 16.3. The topological polar surface area (TPSA) is 102 Å². The second-order valence-electron chi connectivity index (χ2n) is 5.67. The molecule has 0 bridgehead atoms. The molecule has 0 aliphatic heterocycles. The van der Waals surface area contributed by atoms with Crippen molar-refractivity contribution in [2.24, 2.45) is 0 Å². The summed E-state index contributed by atoms with van der Waals surface area (Å²) >= 11 is 8.17. The Bertz CT molecular complexity index is 1010. The minimum Gasteiger partial charge on any atom is -0.323 e. The van der Waals surface area contributed by atoms with Gasteiger partial charge in [0, 0.05) is 23.1 Å². The van der Waals surface area contributed by atoms with Gasteiger partial charge in [-0.25, -0.2) is 9.37 Å². The van der Waals surface area contributed by atoms with E-state index in [4.69, 9.17) is 11.6 Å². The highest BCUT2D eigenvalue weighted by molar-refractivity contribution is 7.99. The first-order valence-electron chi connectivity index (χ1n) is 8.45. The maximum absolute atomic E-state index is 13.8. The Morgan fingerprint density at radius 1 is 1.28 bits per heavy atom. The maximum atomic E-state index is 13.8. The van der Waals surface area contributed by atoms with E-state index in [1.54, 1.807) is 16.1 Å². The van der Waals surface area contributed by atoms with Gasteiger partial charge in [-0.1, -0.05) is 23.4 Å². The highest BCUT2D eigenvalue weighted by Crippen LogP contribution is 2.21. The van der Waals surface area contributed by atoms with Crippen LogP contribution in [0.25, 0.3) is 0 Å². The molecule has 3 aromatic rings. The fourth-order valence-corrected chi connectivity index (χ4v) is 3.90. The van der Waals surface area contributed by atoms with Gasteiger partial charge in [-0.05, 0) is 25.1 Å². The summed E-state index contributed by atoms with van der Waals surface area (Å²) in [7, 11) is 0. The fourth-order valence-electron chi connectivity index (χ4n) is 2.37. The number of hydrogen-bond acceptors (Lipinski definition) is 7. The lowest BCUT2D eigenvalue weighted by molar-refractivity contribution is -0.116. The summed E-state index contributed by atoms with van der Waals surface area (Å²) in [5.74, 6) is -0.778. The van der Waals surface area contributed by atoms with Crippen LogP contribution in [0.2, 0.25) is 5.02 Å². The second-order valence-corrected chi connectivity index (χ2v) is 7.94. The number of nitrogens with one attached hydrogen (secondary N) is 2. The Morgan fingerprint density at radius 3 is 2.79 bits per heavy atom. The van der Waals surface area contributed by atoms with Crippen molar-refractivity contribution in [3.8, 4) is 0 Å². The van der Waals surface area contributed by atoms with Crippen LogP contribution >= 0.6 is 34.7 Å². The van der Waals surface area contributed by atoms with Gasteiger partial charge < -0.3 is 15.2 Å². The van der Waals surface area contributed by atoms with Gasteiger partial charge in [-0.15, -0.1) is 21.5 Å². The van der Waals surface area contributed by atoms with Gasteiger partial charge in [-0.3, -0.25) is 9.59 Å². The number of hydrogen-bond donors (Lipinski definition) is 2. The molecule has 2 heterocycles. The second kappa shape index (κ2) is 9.81. The molecular weight excluding hydrogens is 439 g/mol. The molecule has 0 unspecified atom stereocenters. The quantitative estimate of drug-likeness (QED) is 0.505. The summed E-state index contributed by atoms with van der Waals surface area (Å²) < 4.78 is 15.5. The van der Waals surface area contributed by atoms with E-state index in [2.05, 4.69) is 25.8 Å². The third kappa shape index (κ3) is 5.75. The largest absolute Gasteiger partial charge is 0.323 e. The third-order valence-electron chi connectivity index (χ3n) is 3.64. The van der Waals surface area contributed by atoms with Gasteiger partial charge in [0.25, 0.3) is 0 Å². The molecule has 3 rings (SSSR count). The first-order chi connectivity index (χ1) is 14.0. The van der Waals surface area contributed by atoms with E-state index >= 15 is 0 Å². The van der Waals surface area contributed by atoms with Crippen molar-refractivity contribution in [1.82, 2.24) is 19.7 Å². The summed E-state index contributed by atoms with van der Waals surface area (Å²) in [5.41, 5.74) is 0.0523. The number of aromatic nitrogens is 4. The molecule has 29 heavy (non-hydrogen) atoms. The van der Waals surface area contributed by atoms with Crippen LogP contribution in [-0.2, 0) is 22.6 Å². The SMILES string of the molecule is CCn1c(CC(=O)Nc2nccs2)nnc1SCC(=O)Nc1ccc(Cl)cc1F. The van der Waals surface area contributed by atoms with Gasteiger partial charge in [0.2, 0.25) is 11.8 Å². The minimum absolute atomic E-state index is 0.00547. The highest BCUT2D eigenvalue weighted by atomic mass is 35.5. The van der Waals surface area contributed by atoms with Crippen molar-refractivity contribution in [2.75, 3.05) is 16.4 Å². The molecule has 8 nitrogen and oxygen atoms in total. The van der Waals surface area contributed by atoms with Crippen LogP contribution in [0.4, 0.5) is 15.2 Å². The van der Waals surface area contributed by atoms with E-state index in [0.717, 1.165) is 17.8 Å². The van der Waals surface area contributed by atoms with Crippen LogP contribution in [0.15, 0.2) is 34.9 Å². The number of anilines is 2. The number of amides is 2. The van der Waals surface area contributed by atoms with Crippen molar-refractivity contribution in [2.45, 2.75) is 25.0 Å². The van der Waals surface area contributed by atoms with Gasteiger partial charge in [0.05, 0.1) is 17.9 Å². The number of carbonyl (C=O) groups is 2. The van der Waals surface area contributed by atoms with Crippen LogP contribution in [0.3, 0.4) is 0 Å². The lowest BCUT2D eigenvalue weighted by atomic mass is 10.3. The molecule has 2 amide bonds. The molecular formula is C17H16ClFN6O2S2. The minimum atomic E-state index is -0.610. The van der Waals surface area contributed by atoms with Gasteiger partial charge in [-0.2, -0.15) is 0 Å². The molecule has 0 atom stereocenters. The molecule has 2 aromatic heterocycles. The third-order valence-corrected chi connectivity index (χ3v) is 5.53. The van der Waals surface area contributed by atoms with Crippen LogP contribution in [-0.4, -0.2) is 37.3 Å². The molecule has 0 fully saturated rings. The van der Waals surface area contributed by atoms with E-state index in [0.29, 0.717) is 22.7 Å². The fraction of sp³-hybridized carbons (Fsp3) is 0.235. The Balaban J connectivity index is 1.58. The van der Waals surface area contributed by atoms with Crippen molar-refractivity contribution in [1.29, 1.82) is 0 Å². The molecule has 0 saturated heterocycles. The average Bonchev–Trinajstić information content (AvgIpc) is 3.32. The van der Waals surface area contributed by atoms with Gasteiger partial charge in [0.1, 0.15) is 11.6 Å². The van der Waals surface area contributed by atoms with Gasteiger partial charge in [0.15, 0.2) is 10.3 Å². The maximum Gasteiger partial charge on any atom is 0.234 e. The smallest absolute Gasteiger partial charge is 0.234 e. The molecule has 0 radical (unpaired) electrons. The van der Waals surface area contributed by atoms with Crippen molar-refractivity contribution in [3.05, 3.63) is 46.4 Å². The molecule has 1 aromatic carbocycles. The van der Waals surface area contributed by atoms with Crippen LogP contribution in [0.5, 0.6) is 0 Å². The van der Waals surface area contributed by atoms with Crippen molar-refractivity contribution >= 4 is 57.3 Å². The molecule has 0 saturated carbocycles. The average molecular weight is 455 g/mol. The Hall–Kier alpha value is -2.50. The Labute approximate surface area is 178 Å². The predicted octanol–water partition coefficient (Wildman–Crippen LogP) is 3.46. The number of halogens is 2. The van der Waals surface area contributed by atoms with E-state index in [1.165, 1.54) is 23.5 Å². The Morgan fingerprint density at radius 2 is 2.10 bits per heavy atom. The van der Waals surface area contributed by atoms with Crippen molar-refractivity contribution < 1.29 is 14.0 Å². The number of benzene rings is 1. The van der Waals surface area contributed by atoms with E-state index < -0.39 is 11.7 Å². The summed E-state index contributed by atoms with van der Waals surface area (Å²) in [6.07, 6.45) is 1.63. The zero-order valence-electron chi connectivity index (χ0n) is 15.2. The normalized spacial score (nSPS) is 10.7. The molecule has 0 aliphatic rings. The number of rotatable bonds is 8. The first kappa shape index (κ1) is 21.2. The van der Waals surface area contributed by atoms with Gasteiger partial charge >= 0.3 is 0 Å². The first-order valence-corrected chi connectivity index (χ1v) is 10.7. The molecule has 152 valence electrons. The van der Waals surface area contributed by atoms with Crippen LogP contribution in [0.1, 0.15) is 12.7 Å². The number of thiazole rings is 1. The zero-order valence-corrected chi connectivity index (χ0v) is 17.6. The summed E-state index contributed by atoms with van der Waals surface area (Å²) in [4.78, 5) is 28.3. The van der Waals surface area contributed by atoms with Crippen LogP contribution in [0, 0.1) is 5.82 Å². The Kier molecular flexibility index (Phi) is 7.18. The molecule has 2 N–H and O–H groups in total. The summed E-state index contributed by atoms with van der Waals surface area (Å²) in [6.45, 7) is 2.42. The number of thioether (sulfide) groups is 1. The molecule has 12 heteroatoms. The monoisotopic (exact) mass is 454 g/mol. The standard InChI is InChI=1S/C17H16ClFN6O2S2/c1-2-25-13(8-14(26)22-16-20-5-6-28-16)23-24-17(25)29-9-15(27)21-12-4-3-10(18)7-11(12)19/h3-7H,2,8-9H2,1H3,(H,21,27)(H,20,22,26). The molecule has 0 aliphatic carbocycles. The van der Waals surface area contributed by atoms with Crippen molar-refractivity contribution in [3.63, 3.8) is 0 Å². The van der Waals surface area contributed by atoms with E-state index in [1.807, 2.05) is 6.92 Å². The zero-order chi connectivity index (χ0) is 20.8. The number of carbonyl (C=O) groups excluding carboxylic acids is 2.